The fourth-order valence-corrected chi connectivity index (χ4v) is 3.00. The van der Waals surface area contributed by atoms with Crippen LogP contribution >= 0.6 is 0 Å². The van der Waals surface area contributed by atoms with E-state index in [1.54, 1.807) is 0 Å². The molecule has 1 fully saturated rings. The van der Waals surface area contributed by atoms with Gasteiger partial charge in [-0.3, -0.25) is 4.79 Å². The number of carbonyl (C=O) groups excluding carboxylic acids is 1. The molecule has 0 spiro atoms. The van der Waals surface area contributed by atoms with Gasteiger partial charge in [0.05, 0.1) is 6.04 Å². The Bertz CT molecular complexity index is 412. The van der Waals surface area contributed by atoms with Crippen LogP contribution in [0.3, 0.4) is 0 Å². The molecule has 110 valence electrons. The summed E-state index contributed by atoms with van der Waals surface area (Å²) in [7, 11) is 1.92. The van der Waals surface area contributed by atoms with Crippen LogP contribution in [0, 0.1) is 0 Å². The molecule has 1 unspecified atom stereocenters. The Balaban J connectivity index is 1.81. The highest BCUT2D eigenvalue weighted by molar-refractivity contribution is 5.81. The molecule has 0 aliphatic heterocycles. The Morgan fingerprint density at radius 3 is 2.55 bits per heavy atom. The van der Waals surface area contributed by atoms with Crippen molar-refractivity contribution >= 4 is 5.91 Å². The van der Waals surface area contributed by atoms with Crippen LogP contribution in [0.1, 0.15) is 44.1 Å². The minimum Gasteiger partial charge on any atom is -0.341 e. The average Bonchev–Trinajstić information content (AvgIpc) is 2.53. The molecule has 20 heavy (non-hydrogen) atoms. The molecule has 0 bridgehead atoms. The summed E-state index contributed by atoms with van der Waals surface area (Å²) in [5, 5.41) is 0. The van der Waals surface area contributed by atoms with Crippen LogP contribution < -0.4 is 5.73 Å². The van der Waals surface area contributed by atoms with Crippen LogP contribution in [0.4, 0.5) is 0 Å². The lowest BCUT2D eigenvalue weighted by Gasteiger charge is -2.32. The van der Waals surface area contributed by atoms with Crippen molar-refractivity contribution in [2.24, 2.45) is 5.73 Å². The van der Waals surface area contributed by atoms with Gasteiger partial charge in [-0.2, -0.15) is 0 Å². The number of nitrogens with two attached hydrogens (primary N) is 1. The lowest BCUT2D eigenvalue weighted by molar-refractivity contribution is -0.134. The monoisotopic (exact) mass is 274 g/mol. The number of nitrogens with zero attached hydrogens (tertiary/aromatic N) is 1. The van der Waals surface area contributed by atoms with Crippen LogP contribution in [0.25, 0.3) is 0 Å². The fraction of sp³-hybridized carbons (Fsp3) is 0.588. The maximum Gasteiger partial charge on any atom is 0.239 e. The molecular formula is C17H26N2O. The smallest absolute Gasteiger partial charge is 0.239 e. The summed E-state index contributed by atoms with van der Waals surface area (Å²) in [6.45, 7) is 0. The van der Waals surface area contributed by atoms with Gasteiger partial charge in [-0.25, -0.2) is 0 Å². The SMILES string of the molecule is CN(C(=O)C(N)CCc1ccccc1)C1CCCCC1. The van der Waals surface area contributed by atoms with E-state index in [-0.39, 0.29) is 11.9 Å². The molecule has 3 heteroatoms. The zero-order valence-corrected chi connectivity index (χ0v) is 12.4. The number of rotatable bonds is 5. The van der Waals surface area contributed by atoms with Gasteiger partial charge in [-0.15, -0.1) is 0 Å². The largest absolute Gasteiger partial charge is 0.341 e. The van der Waals surface area contributed by atoms with Crippen molar-refractivity contribution in [3.63, 3.8) is 0 Å². The van der Waals surface area contributed by atoms with E-state index < -0.39 is 0 Å². The van der Waals surface area contributed by atoms with Crippen LogP contribution in [0.15, 0.2) is 30.3 Å². The summed E-state index contributed by atoms with van der Waals surface area (Å²) >= 11 is 0. The van der Waals surface area contributed by atoms with Crippen LogP contribution in [-0.2, 0) is 11.2 Å². The first-order chi connectivity index (χ1) is 9.68. The topological polar surface area (TPSA) is 46.3 Å². The third-order valence-corrected chi connectivity index (χ3v) is 4.37. The molecule has 0 radical (unpaired) electrons. The van der Waals surface area contributed by atoms with Crippen molar-refractivity contribution in [1.29, 1.82) is 0 Å². The van der Waals surface area contributed by atoms with Gasteiger partial charge >= 0.3 is 0 Å². The van der Waals surface area contributed by atoms with Gasteiger partial charge in [-0.1, -0.05) is 49.6 Å². The Labute approximate surface area is 122 Å². The predicted octanol–water partition coefficient (Wildman–Crippen LogP) is 2.74. The Morgan fingerprint density at radius 2 is 1.90 bits per heavy atom. The van der Waals surface area contributed by atoms with Crippen LogP contribution in [0.5, 0.6) is 0 Å². The summed E-state index contributed by atoms with van der Waals surface area (Å²) in [5.41, 5.74) is 7.33. The molecule has 2 rings (SSSR count). The molecule has 1 saturated carbocycles. The minimum atomic E-state index is -0.373. The third-order valence-electron chi connectivity index (χ3n) is 4.37. The standard InChI is InChI=1S/C17H26N2O/c1-19(15-10-6-3-7-11-15)17(20)16(18)13-12-14-8-4-2-5-9-14/h2,4-5,8-9,15-16H,3,6-7,10-13,18H2,1H3. The van der Waals surface area contributed by atoms with Crippen molar-refractivity contribution in [2.45, 2.75) is 57.0 Å². The Kier molecular flexibility index (Phi) is 5.60. The van der Waals surface area contributed by atoms with Gasteiger partial charge in [0.2, 0.25) is 5.91 Å². The quantitative estimate of drug-likeness (QED) is 0.897. The van der Waals surface area contributed by atoms with Crippen LogP contribution in [-0.4, -0.2) is 29.9 Å². The number of amides is 1. The van der Waals surface area contributed by atoms with Crippen molar-refractivity contribution in [3.05, 3.63) is 35.9 Å². The summed E-state index contributed by atoms with van der Waals surface area (Å²) in [5.74, 6) is 0.104. The molecule has 1 aromatic rings. The van der Waals surface area contributed by atoms with E-state index in [9.17, 15) is 4.79 Å². The molecule has 1 atom stereocenters. The second kappa shape index (κ2) is 7.44. The molecule has 1 aliphatic carbocycles. The van der Waals surface area contributed by atoms with E-state index >= 15 is 0 Å². The maximum atomic E-state index is 12.4. The van der Waals surface area contributed by atoms with E-state index in [4.69, 9.17) is 5.73 Å². The van der Waals surface area contributed by atoms with Gasteiger partial charge in [0.25, 0.3) is 0 Å². The first-order valence-electron chi connectivity index (χ1n) is 7.74. The second-order valence-corrected chi connectivity index (χ2v) is 5.87. The highest BCUT2D eigenvalue weighted by atomic mass is 16.2. The number of hydrogen-bond acceptors (Lipinski definition) is 2. The Hall–Kier alpha value is -1.35. The van der Waals surface area contributed by atoms with Crippen molar-refractivity contribution in [1.82, 2.24) is 4.90 Å². The van der Waals surface area contributed by atoms with Crippen LogP contribution in [0.2, 0.25) is 0 Å². The average molecular weight is 274 g/mol. The number of benzene rings is 1. The van der Waals surface area contributed by atoms with E-state index in [0.717, 1.165) is 25.7 Å². The maximum absolute atomic E-state index is 12.4. The molecule has 3 nitrogen and oxygen atoms in total. The van der Waals surface area contributed by atoms with E-state index in [2.05, 4.69) is 12.1 Å². The molecule has 1 aromatic carbocycles. The van der Waals surface area contributed by atoms with Gasteiger partial charge in [-0.05, 0) is 31.2 Å². The van der Waals surface area contributed by atoms with E-state index in [0.29, 0.717) is 6.04 Å². The predicted molar refractivity (Wildman–Crippen MR) is 82.4 cm³/mol. The molecular weight excluding hydrogens is 248 g/mol. The number of likely N-dealkylation sites (N-methyl/N-ethyl adjacent to an activating group) is 1. The van der Waals surface area contributed by atoms with Crippen molar-refractivity contribution in [3.8, 4) is 0 Å². The van der Waals surface area contributed by atoms with Gasteiger partial charge in [0.1, 0.15) is 0 Å². The summed E-state index contributed by atoms with van der Waals surface area (Å²) < 4.78 is 0. The lowest BCUT2D eigenvalue weighted by Crippen LogP contribution is -2.47. The van der Waals surface area contributed by atoms with Gasteiger partial charge < -0.3 is 10.6 Å². The fourth-order valence-electron chi connectivity index (χ4n) is 3.00. The first-order valence-corrected chi connectivity index (χ1v) is 7.74. The molecule has 0 aromatic heterocycles. The molecule has 2 N–H and O–H groups in total. The molecule has 0 saturated heterocycles. The van der Waals surface area contributed by atoms with E-state index in [1.807, 2.05) is 30.1 Å². The zero-order valence-electron chi connectivity index (χ0n) is 12.4. The molecule has 0 heterocycles. The highest BCUT2D eigenvalue weighted by Gasteiger charge is 2.25. The van der Waals surface area contributed by atoms with Gasteiger partial charge in [0.15, 0.2) is 0 Å². The third kappa shape index (κ3) is 4.07. The Morgan fingerprint density at radius 1 is 1.25 bits per heavy atom. The molecule has 1 amide bonds. The summed E-state index contributed by atoms with van der Waals surface area (Å²) in [6.07, 6.45) is 7.63. The summed E-state index contributed by atoms with van der Waals surface area (Å²) in [6, 6.07) is 10.3. The zero-order chi connectivity index (χ0) is 14.4. The van der Waals surface area contributed by atoms with Crippen molar-refractivity contribution < 1.29 is 4.79 Å². The second-order valence-electron chi connectivity index (χ2n) is 5.87. The van der Waals surface area contributed by atoms with Crippen molar-refractivity contribution in [2.75, 3.05) is 7.05 Å². The van der Waals surface area contributed by atoms with Gasteiger partial charge in [0, 0.05) is 13.1 Å². The number of aryl methyl sites for hydroxylation is 1. The summed E-state index contributed by atoms with van der Waals surface area (Å²) in [4.78, 5) is 14.3. The normalized spacial score (nSPS) is 17.7. The first kappa shape index (κ1) is 15.0. The number of hydrogen-bond donors (Lipinski definition) is 1. The highest BCUT2D eigenvalue weighted by Crippen LogP contribution is 2.22. The minimum absolute atomic E-state index is 0.104. The molecule has 1 aliphatic rings. The number of carbonyl (C=O) groups is 1. The lowest BCUT2D eigenvalue weighted by atomic mass is 9.94. The van der Waals surface area contributed by atoms with E-state index in [1.165, 1.54) is 24.8 Å².